The zero-order valence-electron chi connectivity index (χ0n) is 8.00. The normalized spacial score (nSPS) is 24.8. The average Bonchev–Trinajstić information content (AvgIpc) is 2.10. The van der Waals surface area contributed by atoms with Gasteiger partial charge in [-0.05, 0) is 12.8 Å². The van der Waals surface area contributed by atoms with Gasteiger partial charge in [-0.1, -0.05) is 37.3 Å². The molecule has 76 valence electrons. The minimum atomic E-state index is -0.560. The first-order valence-electron chi connectivity index (χ1n) is 4.96. The van der Waals surface area contributed by atoms with Crippen molar-refractivity contribution in [1.82, 2.24) is 0 Å². The van der Waals surface area contributed by atoms with Gasteiger partial charge in [0.1, 0.15) is 0 Å². The predicted molar refractivity (Wildman–Crippen MR) is 52.6 cm³/mol. The second-order valence-electron chi connectivity index (χ2n) is 3.91. The lowest BCUT2D eigenvalue weighted by Crippen LogP contribution is -2.52. The van der Waals surface area contributed by atoms with Gasteiger partial charge in [0.15, 0.2) is 5.84 Å². The van der Waals surface area contributed by atoms with E-state index >= 15 is 0 Å². The quantitative estimate of drug-likeness (QED) is 0.248. The van der Waals surface area contributed by atoms with Crippen molar-refractivity contribution in [2.75, 3.05) is 0 Å². The van der Waals surface area contributed by atoms with Crippen molar-refractivity contribution in [2.45, 2.75) is 50.5 Å². The van der Waals surface area contributed by atoms with Gasteiger partial charge in [0.05, 0.1) is 5.54 Å². The van der Waals surface area contributed by atoms with Crippen LogP contribution in [0.4, 0.5) is 0 Å². The lowest BCUT2D eigenvalue weighted by Gasteiger charge is -2.29. The van der Waals surface area contributed by atoms with Crippen LogP contribution in [0.15, 0.2) is 5.16 Å². The van der Waals surface area contributed by atoms with Gasteiger partial charge in [-0.3, -0.25) is 0 Å². The molecule has 0 saturated heterocycles. The van der Waals surface area contributed by atoms with Crippen LogP contribution >= 0.6 is 0 Å². The Kier molecular flexibility index (Phi) is 3.54. The third kappa shape index (κ3) is 2.59. The molecule has 0 aromatic carbocycles. The number of hydrogen-bond donors (Lipinski definition) is 3. The van der Waals surface area contributed by atoms with Crippen molar-refractivity contribution in [3.63, 3.8) is 0 Å². The van der Waals surface area contributed by atoms with E-state index in [-0.39, 0.29) is 5.84 Å². The highest BCUT2D eigenvalue weighted by Gasteiger charge is 2.30. The molecule has 0 atom stereocenters. The highest BCUT2D eigenvalue weighted by atomic mass is 16.4. The van der Waals surface area contributed by atoms with Gasteiger partial charge in [0.25, 0.3) is 0 Å². The van der Waals surface area contributed by atoms with E-state index in [1.54, 1.807) is 0 Å². The molecule has 4 nitrogen and oxygen atoms in total. The third-order valence-electron chi connectivity index (χ3n) is 2.86. The van der Waals surface area contributed by atoms with E-state index in [0.29, 0.717) is 0 Å². The molecule has 0 amide bonds. The van der Waals surface area contributed by atoms with Crippen molar-refractivity contribution < 1.29 is 5.21 Å². The van der Waals surface area contributed by atoms with Crippen molar-refractivity contribution in [3.05, 3.63) is 0 Å². The first-order valence-corrected chi connectivity index (χ1v) is 4.96. The fourth-order valence-corrected chi connectivity index (χ4v) is 1.89. The molecule has 0 spiro atoms. The molecule has 4 heteroatoms. The van der Waals surface area contributed by atoms with Gasteiger partial charge >= 0.3 is 0 Å². The summed E-state index contributed by atoms with van der Waals surface area (Å²) in [6.07, 6.45) is 7.52. The molecule has 0 aromatic rings. The Balaban J connectivity index is 2.62. The summed E-state index contributed by atoms with van der Waals surface area (Å²) in [7, 11) is 0. The van der Waals surface area contributed by atoms with Crippen LogP contribution in [0.1, 0.15) is 44.9 Å². The summed E-state index contributed by atoms with van der Waals surface area (Å²) in [5.41, 5.74) is 11.1. The summed E-state index contributed by atoms with van der Waals surface area (Å²) in [4.78, 5) is 0. The minimum absolute atomic E-state index is 0.189. The number of hydrogen-bond acceptors (Lipinski definition) is 3. The molecule has 13 heavy (non-hydrogen) atoms. The molecule has 0 aliphatic heterocycles. The van der Waals surface area contributed by atoms with Crippen molar-refractivity contribution in [1.29, 1.82) is 0 Å². The van der Waals surface area contributed by atoms with E-state index < -0.39 is 5.54 Å². The van der Waals surface area contributed by atoms with E-state index in [9.17, 15) is 0 Å². The molecular weight excluding hydrogens is 166 g/mol. The molecule has 1 rings (SSSR count). The average molecular weight is 185 g/mol. The van der Waals surface area contributed by atoms with Crippen LogP contribution in [0.25, 0.3) is 0 Å². The van der Waals surface area contributed by atoms with E-state index in [1.165, 1.54) is 19.3 Å². The van der Waals surface area contributed by atoms with Crippen molar-refractivity contribution in [2.24, 2.45) is 16.6 Å². The van der Waals surface area contributed by atoms with Gasteiger partial charge < -0.3 is 16.7 Å². The van der Waals surface area contributed by atoms with E-state index in [1.807, 2.05) is 0 Å². The maximum atomic E-state index is 8.60. The van der Waals surface area contributed by atoms with Crippen LogP contribution in [0.5, 0.6) is 0 Å². The predicted octanol–water partition coefficient (Wildman–Crippen LogP) is 1.17. The van der Waals surface area contributed by atoms with Gasteiger partial charge in [-0.15, -0.1) is 0 Å². The van der Waals surface area contributed by atoms with Crippen LogP contribution in [0.2, 0.25) is 0 Å². The Labute approximate surface area is 79.0 Å². The molecule has 0 aromatic heterocycles. The van der Waals surface area contributed by atoms with Crippen LogP contribution < -0.4 is 11.5 Å². The molecule has 0 unspecified atom stereocenters. The number of nitrogens with two attached hydrogens (primary N) is 2. The highest BCUT2D eigenvalue weighted by Crippen LogP contribution is 2.24. The Bertz CT molecular complexity index is 183. The number of oxime groups is 1. The maximum absolute atomic E-state index is 8.60. The van der Waals surface area contributed by atoms with Crippen molar-refractivity contribution in [3.8, 4) is 0 Å². The van der Waals surface area contributed by atoms with Gasteiger partial charge in [0, 0.05) is 0 Å². The van der Waals surface area contributed by atoms with Gasteiger partial charge in [-0.25, -0.2) is 0 Å². The Morgan fingerprint density at radius 2 is 1.54 bits per heavy atom. The van der Waals surface area contributed by atoms with E-state index in [4.69, 9.17) is 16.7 Å². The van der Waals surface area contributed by atoms with Crippen LogP contribution in [0.3, 0.4) is 0 Å². The first kappa shape index (κ1) is 10.3. The second-order valence-corrected chi connectivity index (χ2v) is 3.91. The molecule has 1 aliphatic carbocycles. The maximum Gasteiger partial charge on any atom is 0.159 e. The molecular formula is C9H19N3O. The van der Waals surface area contributed by atoms with E-state index in [2.05, 4.69) is 5.16 Å². The summed E-state index contributed by atoms with van der Waals surface area (Å²) in [6, 6.07) is 0. The summed E-state index contributed by atoms with van der Waals surface area (Å²) in [5.74, 6) is 0.189. The molecule has 1 fully saturated rings. The molecule has 5 N–H and O–H groups in total. The first-order chi connectivity index (χ1) is 6.19. The lowest BCUT2D eigenvalue weighted by atomic mass is 9.84. The minimum Gasteiger partial charge on any atom is -0.409 e. The topological polar surface area (TPSA) is 84.6 Å². The number of rotatable bonds is 1. The lowest BCUT2D eigenvalue weighted by molar-refractivity contribution is 0.304. The smallest absolute Gasteiger partial charge is 0.159 e. The standard InChI is InChI=1S/C9H19N3O/c10-8(12-13)9(11)6-4-2-1-3-5-7-9/h13H,1-7,11H2,(H2,10,12). The molecule has 0 bridgehead atoms. The Morgan fingerprint density at radius 1 is 1.08 bits per heavy atom. The summed E-state index contributed by atoms with van der Waals surface area (Å²) in [6.45, 7) is 0. The highest BCUT2D eigenvalue weighted by molar-refractivity contribution is 5.89. The summed E-state index contributed by atoms with van der Waals surface area (Å²) in [5, 5.41) is 11.6. The van der Waals surface area contributed by atoms with Gasteiger partial charge in [-0.2, -0.15) is 0 Å². The van der Waals surface area contributed by atoms with Gasteiger partial charge in [0.2, 0.25) is 0 Å². The Hall–Kier alpha value is -0.770. The largest absolute Gasteiger partial charge is 0.409 e. The zero-order valence-corrected chi connectivity index (χ0v) is 8.00. The fourth-order valence-electron chi connectivity index (χ4n) is 1.89. The Morgan fingerprint density at radius 3 is 2.00 bits per heavy atom. The van der Waals surface area contributed by atoms with Crippen LogP contribution in [-0.4, -0.2) is 16.6 Å². The number of amidine groups is 1. The fraction of sp³-hybridized carbons (Fsp3) is 0.889. The molecule has 0 radical (unpaired) electrons. The second kappa shape index (κ2) is 4.46. The van der Waals surface area contributed by atoms with Crippen LogP contribution in [0, 0.1) is 0 Å². The van der Waals surface area contributed by atoms with E-state index in [0.717, 1.165) is 25.7 Å². The zero-order chi connectivity index (χ0) is 9.73. The molecule has 1 aliphatic rings. The molecule has 1 saturated carbocycles. The summed E-state index contributed by atoms with van der Waals surface area (Å²) >= 11 is 0. The number of nitrogens with zero attached hydrogens (tertiary/aromatic N) is 1. The third-order valence-corrected chi connectivity index (χ3v) is 2.86. The van der Waals surface area contributed by atoms with Crippen molar-refractivity contribution >= 4 is 5.84 Å². The van der Waals surface area contributed by atoms with Crippen LogP contribution in [-0.2, 0) is 0 Å². The summed E-state index contributed by atoms with van der Waals surface area (Å²) < 4.78 is 0. The monoisotopic (exact) mass is 185 g/mol. The molecule has 0 heterocycles. The SMILES string of the molecule is N/C(=N\O)C1(N)CCCCCCC1.